The smallest absolute Gasteiger partial charge is 0.274 e. The molecule has 0 aromatic carbocycles. The van der Waals surface area contributed by atoms with Crippen LogP contribution in [0.3, 0.4) is 0 Å². The molecule has 1 aromatic rings. The Morgan fingerprint density at radius 3 is 2.91 bits per heavy atom. The second-order valence-corrected chi connectivity index (χ2v) is 3.24. The number of nitrogens with zero attached hydrogens (tertiary/aromatic N) is 1. The zero-order chi connectivity index (χ0) is 8.32. The third-order valence-electron chi connectivity index (χ3n) is 0.946. The lowest BCUT2D eigenvalue weighted by Crippen LogP contribution is -2.30. The van der Waals surface area contributed by atoms with Crippen LogP contribution in [-0.4, -0.2) is 13.6 Å². The molecule has 0 saturated carbocycles. The monoisotopic (exact) mass is 177 g/mol. The fourth-order valence-electron chi connectivity index (χ4n) is 0.503. The van der Waals surface area contributed by atoms with Gasteiger partial charge < -0.3 is 4.52 Å². The van der Waals surface area contributed by atoms with Crippen LogP contribution < -0.4 is 9.86 Å². The summed E-state index contributed by atoms with van der Waals surface area (Å²) in [5.41, 5.74) is 0.485. The second-order valence-electron chi connectivity index (χ2n) is 1.86. The Kier molecular flexibility index (Phi) is 2.22. The highest BCUT2D eigenvalue weighted by atomic mass is 32.2. The summed E-state index contributed by atoms with van der Waals surface area (Å²) in [6, 6.07) is 1.54. The van der Waals surface area contributed by atoms with Gasteiger partial charge in [0.25, 0.3) is 10.2 Å². The van der Waals surface area contributed by atoms with Gasteiger partial charge in [-0.25, -0.2) is 5.14 Å². The van der Waals surface area contributed by atoms with Gasteiger partial charge in [-0.05, 0) is 0 Å². The Hall–Kier alpha value is -0.920. The molecule has 0 amide bonds. The topological polar surface area (TPSA) is 98.2 Å². The number of hydrogen-bond donors (Lipinski definition) is 2. The molecule has 0 radical (unpaired) electrons. The van der Waals surface area contributed by atoms with Crippen LogP contribution in [0.5, 0.6) is 0 Å². The van der Waals surface area contributed by atoms with E-state index in [1.165, 1.54) is 12.3 Å². The molecule has 0 fully saturated rings. The summed E-state index contributed by atoms with van der Waals surface area (Å²) in [6.45, 7) is 0.0509. The molecule has 1 heterocycles. The Bertz CT molecular complexity index is 303. The van der Waals surface area contributed by atoms with Gasteiger partial charge in [0.1, 0.15) is 6.26 Å². The van der Waals surface area contributed by atoms with E-state index in [2.05, 4.69) is 19.5 Å². The number of nitrogens with one attached hydrogen (secondary N) is 1. The maximum atomic E-state index is 10.3. The average molecular weight is 177 g/mol. The highest BCUT2D eigenvalue weighted by molar-refractivity contribution is 7.87. The lowest BCUT2D eigenvalue weighted by Gasteiger charge is -1.95. The number of rotatable bonds is 3. The molecule has 7 heteroatoms. The van der Waals surface area contributed by atoms with Crippen molar-refractivity contribution in [3.8, 4) is 0 Å². The summed E-state index contributed by atoms with van der Waals surface area (Å²) < 4.78 is 27.2. The van der Waals surface area contributed by atoms with Crippen LogP contribution in [0.2, 0.25) is 0 Å². The number of nitrogens with two attached hydrogens (primary N) is 1. The molecule has 11 heavy (non-hydrogen) atoms. The molecule has 62 valence electrons. The molecule has 0 aliphatic heterocycles. The van der Waals surface area contributed by atoms with Crippen molar-refractivity contribution >= 4 is 10.2 Å². The molecule has 1 rings (SSSR count). The second kappa shape index (κ2) is 2.99. The Labute approximate surface area is 63.5 Å². The van der Waals surface area contributed by atoms with Gasteiger partial charge in [-0.1, -0.05) is 5.16 Å². The van der Waals surface area contributed by atoms with Crippen molar-refractivity contribution in [1.82, 2.24) is 9.88 Å². The minimum atomic E-state index is -3.63. The van der Waals surface area contributed by atoms with Crippen molar-refractivity contribution in [2.24, 2.45) is 5.14 Å². The van der Waals surface area contributed by atoms with Gasteiger partial charge >= 0.3 is 0 Å². The van der Waals surface area contributed by atoms with Crippen LogP contribution in [0.4, 0.5) is 0 Å². The minimum Gasteiger partial charge on any atom is -0.364 e. The van der Waals surface area contributed by atoms with Crippen LogP contribution in [0.15, 0.2) is 16.9 Å². The molecular formula is C4H7N3O3S. The molecule has 0 saturated heterocycles. The maximum Gasteiger partial charge on any atom is 0.274 e. The molecule has 0 atom stereocenters. The quantitative estimate of drug-likeness (QED) is 0.616. The van der Waals surface area contributed by atoms with E-state index in [0.717, 1.165) is 0 Å². The van der Waals surface area contributed by atoms with E-state index in [1.54, 1.807) is 0 Å². The van der Waals surface area contributed by atoms with E-state index in [0.29, 0.717) is 5.69 Å². The standard InChI is InChI=1S/C4H7N3O3S/c5-11(8,9)6-3-4-1-2-10-7-4/h1-2,6H,3H2,(H2,5,8,9). The van der Waals surface area contributed by atoms with Gasteiger partial charge in [-0.3, -0.25) is 0 Å². The summed E-state index contributed by atoms with van der Waals surface area (Å²) in [5, 5.41) is 8.12. The first-order valence-corrected chi connectivity index (χ1v) is 4.29. The lowest BCUT2D eigenvalue weighted by molar-refractivity contribution is 0.411. The summed E-state index contributed by atoms with van der Waals surface area (Å²) in [7, 11) is -3.63. The van der Waals surface area contributed by atoms with Crippen molar-refractivity contribution in [1.29, 1.82) is 0 Å². The first kappa shape index (κ1) is 8.18. The molecule has 0 unspecified atom stereocenters. The molecule has 0 aliphatic rings. The van der Waals surface area contributed by atoms with Gasteiger partial charge in [0.2, 0.25) is 0 Å². The van der Waals surface area contributed by atoms with E-state index in [-0.39, 0.29) is 6.54 Å². The highest BCUT2D eigenvalue weighted by Gasteiger charge is 2.02. The van der Waals surface area contributed by atoms with Gasteiger partial charge in [0, 0.05) is 6.07 Å². The Balaban J connectivity index is 2.48. The molecule has 0 aliphatic carbocycles. The van der Waals surface area contributed by atoms with E-state index in [4.69, 9.17) is 0 Å². The SMILES string of the molecule is NS(=O)(=O)NCc1ccon1. The van der Waals surface area contributed by atoms with Crippen molar-refractivity contribution in [3.63, 3.8) is 0 Å². The normalized spacial score (nSPS) is 11.7. The Morgan fingerprint density at radius 1 is 1.73 bits per heavy atom. The first-order chi connectivity index (χ1) is 5.08. The summed E-state index contributed by atoms with van der Waals surface area (Å²) in [4.78, 5) is 0. The van der Waals surface area contributed by atoms with Crippen LogP contribution in [0.1, 0.15) is 5.69 Å². The van der Waals surface area contributed by atoms with Crippen LogP contribution >= 0.6 is 0 Å². The van der Waals surface area contributed by atoms with Gasteiger partial charge in [0.15, 0.2) is 0 Å². The summed E-state index contributed by atoms with van der Waals surface area (Å²) >= 11 is 0. The van der Waals surface area contributed by atoms with Gasteiger partial charge in [-0.15, -0.1) is 0 Å². The maximum absolute atomic E-state index is 10.3. The zero-order valence-electron chi connectivity index (χ0n) is 5.52. The zero-order valence-corrected chi connectivity index (χ0v) is 6.34. The Morgan fingerprint density at radius 2 is 2.45 bits per heavy atom. The summed E-state index contributed by atoms with van der Waals surface area (Å²) in [5.74, 6) is 0. The lowest BCUT2D eigenvalue weighted by atomic mass is 10.5. The van der Waals surface area contributed by atoms with Crippen molar-refractivity contribution < 1.29 is 12.9 Å². The minimum absolute atomic E-state index is 0.0509. The average Bonchev–Trinajstić information content (AvgIpc) is 2.32. The first-order valence-electron chi connectivity index (χ1n) is 2.74. The van der Waals surface area contributed by atoms with Crippen molar-refractivity contribution in [2.75, 3.05) is 0 Å². The molecule has 0 spiro atoms. The van der Waals surface area contributed by atoms with Crippen LogP contribution in [-0.2, 0) is 16.8 Å². The molecule has 1 aromatic heterocycles. The van der Waals surface area contributed by atoms with Crippen molar-refractivity contribution in [2.45, 2.75) is 6.54 Å². The molecule has 3 N–H and O–H groups in total. The fraction of sp³-hybridized carbons (Fsp3) is 0.250. The van der Waals surface area contributed by atoms with Crippen LogP contribution in [0, 0.1) is 0 Å². The number of aromatic nitrogens is 1. The van der Waals surface area contributed by atoms with Crippen LogP contribution in [0.25, 0.3) is 0 Å². The van der Waals surface area contributed by atoms with E-state index < -0.39 is 10.2 Å². The molecule has 6 nitrogen and oxygen atoms in total. The number of hydrogen-bond acceptors (Lipinski definition) is 4. The predicted octanol–water partition coefficient (Wildman–Crippen LogP) is -1.03. The third-order valence-corrected chi connectivity index (χ3v) is 1.49. The highest BCUT2D eigenvalue weighted by Crippen LogP contribution is 1.92. The van der Waals surface area contributed by atoms with E-state index >= 15 is 0 Å². The largest absolute Gasteiger partial charge is 0.364 e. The van der Waals surface area contributed by atoms with Gasteiger partial charge in [-0.2, -0.15) is 13.1 Å². The van der Waals surface area contributed by atoms with Gasteiger partial charge in [0.05, 0.1) is 12.2 Å². The van der Waals surface area contributed by atoms with E-state index in [1.807, 2.05) is 0 Å². The van der Waals surface area contributed by atoms with E-state index in [9.17, 15) is 8.42 Å². The molecule has 0 bridgehead atoms. The fourth-order valence-corrected chi connectivity index (χ4v) is 0.852. The summed E-state index contributed by atoms with van der Waals surface area (Å²) in [6.07, 6.45) is 1.35. The predicted molar refractivity (Wildman–Crippen MR) is 36.4 cm³/mol. The van der Waals surface area contributed by atoms with Crippen molar-refractivity contribution in [3.05, 3.63) is 18.0 Å². The third kappa shape index (κ3) is 3.12. The molecular weight excluding hydrogens is 170 g/mol.